The second kappa shape index (κ2) is 14.5. The van der Waals surface area contributed by atoms with Gasteiger partial charge in [-0.1, -0.05) is 50.1 Å². The lowest BCUT2D eigenvalue weighted by molar-refractivity contribution is 1.25. The average molecular weight is 339 g/mol. The van der Waals surface area contributed by atoms with Gasteiger partial charge in [0.1, 0.15) is 0 Å². The molecular formula is C8H12Br2Cl2. The number of hydrogen-bond acceptors (Lipinski definition) is 0. The van der Waals surface area contributed by atoms with Crippen LogP contribution in [0.1, 0.15) is 0 Å². The lowest BCUT2D eigenvalue weighted by Gasteiger charge is -1.89. The van der Waals surface area contributed by atoms with Crippen LogP contribution in [0.2, 0.25) is 0 Å². The van der Waals surface area contributed by atoms with Gasteiger partial charge in [-0.05, 0) is 0 Å². The van der Waals surface area contributed by atoms with Gasteiger partial charge in [-0.2, -0.15) is 0 Å². The van der Waals surface area contributed by atoms with Gasteiger partial charge in [-0.25, -0.2) is 0 Å². The molecule has 0 aliphatic heterocycles. The third-order valence-corrected chi connectivity index (χ3v) is 2.32. The molecule has 0 aliphatic rings. The maximum atomic E-state index is 5.40. The lowest BCUT2D eigenvalue weighted by Crippen LogP contribution is -1.90. The summed E-state index contributed by atoms with van der Waals surface area (Å²) in [5, 5.41) is 1.85. The Morgan fingerprint density at radius 1 is 1.25 bits per heavy atom. The van der Waals surface area contributed by atoms with Crippen LogP contribution in [-0.2, 0) is 0 Å². The molecule has 0 saturated heterocycles. The molecule has 0 nitrogen and oxygen atoms in total. The Hall–Kier alpha value is 1.02. The molecule has 0 aromatic rings. The van der Waals surface area contributed by atoms with Gasteiger partial charge in [-0.15, -0.1) is 29.8 Å². The molecule has 0 fully saturated rings. The van der Waals surface area contributed by atoms with Crippen LogP contribution < -0.4 is 0 Å². The third-order valence-electron chi connectivity index (χ3n) is 0.748. The summed E-state index contributed by atoms with van der Waals surface area (Å²) in [5.41, 5.74) is 0. The standard InChI is InChI=1S/C4H6Br2.C4H6Cl2/c5-3-1-2-4-6;1-2-4(6)3-5/h1-2H,3-4H2;2,4H,1,3H2. The van der Waals surface area contributed by atoms with E-state index in [4.69, 9.17) is 23.2 Å². The topological polar surface area (TPSA) is 0 Å². The van der Waals surface area contributed by atoms with Crippen molar-refractivity contribution in [1.82, 2.24) is 0 Å². The molecule has 0 saturated carbocycles. The molecule has 1 unspecified atom stereocenters. The normalized spacial score (nSPS) is 12.0. The van der Waals surface area contributed by atoms with Crippen molar-refractivity contribution in [3.8, 4) is 0 Å². The minimum Gasteiger partial charge on any atom is -0.125 e. The fraction of sp³-hybridized carbons (Fsp3) is 0.500. The van der Waals surface area contributed by atoms with Crippen LogP contribution in [0.4, 0.5) is 0 Å². The quantitative estimate of drug-likeness (QED) is 0.528. The van der Waals surface area contributed by atoms with Gasteiger partial charge in [-0.3, -0.25) is 0 Å². The van der Waals surface area contributed by atoms with Gasteiger partial charge >= 0.3 is 0 Å². The highest BCUT2D eigenvalue weighted by molar-refractivity contribution is 9.09. The van der Waals surface area contributed by atoms with Gasteiger partial charge in [0.2, 0.25) is 0 Å². The Balaban J connectivity index is 0. The van der Waals surface area contributed by atoms with E-state index in [1.807, 2.05) is 0 Å². The lowest BCUT2D eigenvalue weighted by atomic mass is 10.5. The fourth-order valence-electron chi connectivity index (χ4n) is 0.189. The van der Waals surface area contributed by atoms with E-state index in [0.717, 1.165) is 10.7 Å². The first-order chi connectivity index (χ1) is 5.72. The summed E-state index contributed by atoms with van der Waals surface area (Å²) in [6.07, 6.45) is 5.71. The highest BCUT2D eigenvalue weighted by Gasteiger charge is 1.89. The van der Waals surface area contributed by atoms with Gasteiger partial charge < -0.3 is 0 Å². The number of halogens is 4. The summed E-state index contributed by atoms with van der Waals surface area (Å²) >= 11 is 17.1. The second-order valence-corrected chi connectivity index (χ2v) is 3.85. The van der Waals surface area contributed by atoms with Crippen molar-refractivity contribution in [3.05, 3.63) is 24.8 Å². The molecule has 4 heteroatoms. The predicted molar refractivity (Wildman–Crippen MR) is 67.3 cm³/mol. The summed E-state index contributed by atoms with van der Waals surface area (Å²) in [4.78, 5) is 0. The molecule has 12 heavy (non-hydrogen) atoms. The summed E-state index contributed by atoms with van der Waals surface area (Å²) in [7, 11) is 0. The molecule has 0 amide bonds. The van der Waals surface area contributed by atoms with E-state index in [1.165, 1.54) is 0 Å². The summed E-state index contributed by atoms with van der Waals surface area (Å²) < 4.78 is 0. The maximum absolute atomic E-state index is 5.40. The monoisotopic (exact) mass is 336 g/mol. The van der Waals surface area contributed by atoms with Crippen molar-refractivity contribution in [3.63, 3.8) is 0 Å². The van der Waals surface area contributed by atoms with Gasteiger partial charge in [0.15, 0.2) is 0 Å². The molecule has 0 spiro atoms. The molecule has 0 radical (unpaired) electrons. The van der Waals surface area contributed by atoms with Crippen LogP contribution >= 0.6 is 55.1 Å². The predicted octanol–water partition coefficient (Wildman–Crippen LogP) is 4.35. The third kappa shape index (κ3) is 17.2. The Labute approximate surface area is 101 Å². The number of rotatable bonds is 4. The number of alkyl halides is 4. The van der Waals surface area contributed by atoms with Crippen LogP contribution in [0.5, 0.6) is 0 Å². The van der Waals surface area contributed by atoms with Gasteiger partial charge in [0.05, 0.1) is 5.38 Å². The molecule has 0 aliphatic carbocycles. The van der Waals surface area contributed by atoms with E-state index < -0.39 is 0 Å². The second-order valence-electron chi connectivity index (χ2n) is 1.69. The van der Waals surface area contributed by atoms with Crippen LogP contribution in [0, 0.1) is 0 Å². The molecule has 72 valence electrons. The van der Waals surface area contributed by atoms with Gasteiger partial charge in [0.25, 0.3) is 0 Å². The summed E-state index contributed by atoms with van der Waals surface area (Å²) in [6.45, 7) is 3.42. The summed E-state index contributed by atoms with van der Waals surface area (Å²) in [5.74, 6) is 0.449. The van der Waals surface area contributed by atoms with Crippen LogP contribution in [0.15, 0.2) is 24.8 Å². The minimum absolute atomic E-state index is 0.0633. The largest absolute Gasteiger partial charge is 0.125 e. The van der Waals surface area contributed by atoms with E-state index in [2.05, 4.69) is 50.6 Å². The Morgan fingerprint density at radius 3 is 1.75 bits per heavy atom. The van der Waals surface area contributed by atoms with E-state index in [-0.39, 0.29) is 5.38 Å². The molecule has 0 bridgehead atoms. The van der Waals surface area contributed by atoms with Gasteiger partial charge in [0, 0.05) is 16.5 Å². The van der Waals surface area contributed by atoms with Crippen LogP contribution in [0.25, 0.3) is 0 Å². The molecule has 0 N–H and O–H groups in total. The van der Waals surface area contributed by atoms with Crippen molar-refractivity contribution in [2.24, 2.45) is 0 Å². The minimum atomic E-state index is -0.0633. The highest BCUT2D eigenvalue weighted by Crippen LogP contribution is 1.96. The van der Waals surface area contributed by atoms with E-state index in [0.29, 0.717) is 5.88 Å². The van der Waals surface area contributed by atoms with E-state index >= 15 is 0 Å². The Morgan fingerprint density at radius 2 is 1.67 bits per heavy atom. The van der Waals surface area contributed by atoms with Crippen LogP contribution in [0.3, 0.4) is 0 Å². The van der Waals surface area contributed by atoms with Crippen molar-refractivity contribution < 1.29 is 0 Å². The SMILES string of the molecule is BrCC=CCBr.C=CC(Cl)CCl. The number of hydrogen-bond donors (Lipinski definition) is 0. The van der Waals surface area contributed by atoms with E-state index in [1.54, 1.807) is 6.08 Å². The molecular weight excluding hydrogens is 327 g/mol. The van der Waals surface area contributed by atoms with Crippen molar-refractivity contribution in [1.29, 1.82) is 0 Å². The Kier molecular flexibility index (Phi) is 18.8. The first-order valence-electron chi connectivity index (χ1n) is 3.32. The van der Waals surface area contributed by atoms with Crippen LogP contribution in [-0.4, -0.2) is 21.9 Å². The smallest absolute Gasteiger partial charge is 0.0648 e. The first kappa shape index (κ1) is 15.5. The first-order valence-corrected chi connectivity index (χ1v) is 6.53. The fourth-order valence-corrected chi connectivity index (χ4v) is 0.844. The van der Waals surface area contributed by atoms with Crippen molar-refractivity contribution in [2.45, 2.75) is 5.38 Å². The zero-order valence-corrected chi connectivity index (χ0v) is 11.3. The zero-order valence-electron chi connectivity index (χ0n) is 6.65. The zero-order chi connectivity index (χ0) is 9.82. The molecule has 0 aromatic carbocycles. The molecule has 0 aromatic heterocycles. The maximum Gasteiger partial charge on any atom is 0.0648 e. The number of allylic oxidation sites excluding steroid dienone is 3. The average Bonchev–Trinajstić information content (AvgIpc) is 2.14. The Bertz CT molecular complexity index is 110. The molecule has 0 heterocycles. The van der Waals surface area contributed by atoms with Crippen molar-refractivity contribution in [2.75, 3.05) is 16.5 Å². The van der Waals surface area contributed by atoms with Crippen molar-refractivity contribution >= 4 is 55.1 Å². The molecule has 1 atom stereocenters. The molecule has 0 rings (SSSR count). The highest BCUT2D eigenvalue weighted by atomic mass is 79.9. The van der Waals surface area contributed by atoms with E-state index in [9.17, 15) is 0 Å². The summed E-state index contributed by atoms with van der Waals surface area (Å²) in [6, 6.07) is 0.